The molecule has 1 N–H and O–H groups in total. The summed E-state index contributed by atoms with van der Waals surface area (Å²) in [6, 6.07) is 5.59. The zero-order valence-corrected chi connectivity index (χ0v) is 13.1. The summed E-state index contributed by atoms with van der Waals surface area (Å²) in [5, 5.41) is 6.54. The van der Waals surface area contributed by atoms with Crippen LogP contribution in [0, 0.1) is 5.95 Å². The number of aromatic nitrogens is 6. The number of nitrogens with zero attached hydrogens (tertiary/aromatic N) is 6. The van der Waals surface area contributed by atoms with Crippen LogP contribution < -0.4 is 10.1 Å². The molecule has 0 fully saturated rings. The van der Waals surface area contributed by atoms with Gasteiger partial charge in [0.25, 0.3) is 5.91 Å². The second-order valence-electron chi connectivity index (χ2n) is 5.09. The number of halogens is 1. The van der Waals surface area contributed by atoms with E-state index in [0.29, 0.717) is 17.1 Å². The fourth-order valence-electron chi connectivity index (χ4n) is 2.26. The van der Waals surface area contributed by atoms with Gasteiger partial charge in [-0.1, -0.05) is 6.07 Å². The van der Waals surface area contributed by atoms with E-state index in [1.807, 2.05) is 0 Å². The molecule has 0 bridgehead atoms. The van der Waals surface area contributed by atoms with Gasteiger partial charge in [-0.15, -0.1) is 0 Å². The highest BCUT2D eigenvalue weighted by Crippen LogP contribution is 2.23. The summed E-state index contributed by atoms with van der Waals surface area (Å²) in [6.07, 6.45) is 7.21. The first kappa shape index (κ1) is 15.6. The van der Waals surface area contributed by atoms with Crippen molar-refractivity contribution in [3.8, 4) is 11.5 Å². The number of amides is 1. The van der Waals surface area contributed by atoms with Crippen molar-refractivity contribution in [1.82, 2.24) is 29.5 Å². The molecule has 0 radical (unpaired) electrons. The van der Waals surface area contributed by atoms with Crippen LogP contribution in [-0.4, -0.2) is 35.5 Å². The number of rotatable bonds is 4. The van der Waals surface area contributed by atoms with Gasteiger partial charge >= 0.3 is 0 Å². The fraction of sp³-hybridized carbons (Fsp3) is 0. The number of pyridine rings is 2. The number of hydrogen-bond donors (Lipinski definition) is 1. The van der Waals surface area contributed by atoms with Crippen LogP contribution in [0.2, 0.25) is 0 Å². The van der Waals surface area contributed by atoms with E-state index in [0.717, 1.165) is 0 Å². The third-order valence-electron chi connectivity index (χ3n) is 3.32. The van der Waals surface area contributed by atoms with E-state index in [2.05, 4.69) is 30.4 Å². The average molecular weight is 351 g/mol. The van der Waals surface area contributed by atoms with Crippen LogP contribution in [0.15, 0.2) is 55.5 Å². The van der Waals surface area contributed by atoms with Gasteiger partial charge in [0.2, 0.25) is 5.95 Å². The number of carbonyl (C=O) groups excluding carboxylic acids is 1. The summed E-state index contributed by atoms with van der Waals surface area (Å²) < 4.78 is 20.3. The maximum atomic E-state index is 13.2. The molecule has 128 valence electrons. The Morgan fingerprint density at radius 2 is 2.00 bits per heavy atom. The predicted octanol–water partition coefficient (Wildman–Crippen LogP) is 2.10. The van der Waals surface area contributed by atoms with Gasteiger partial charge in [0.15, 0.2) is 11.4 Å². The Morgan fingerprint density at radius 1 is 1.15 bits per heavy atom. The van der Waals surface area contributed by atoms with Crippen molar-refractivity contribution in [2.24, 2.45) is 0 Å². The van der Waals surface area contributed by atoms with Crippen molar-refractivity contribution in [3.05, 3.63) is 67.0 Å². The highest BCUT2D eigenvalue weighted by molar-refractivity contribution is 6.08. The average Bonchev–Trinajstić information content (AvgIpc) is 3.10. The number of fused-ring (bicyclic) bond motifs is 1. The van der Waals surface area contributed by atoms with Gasteiger partial charge in [-0.3, -0.25) is 4.79 Å². The number of anilines is 1. The fourth-order valence-corrected chi connectivity index (χ4v) is 2.26. The summed E-state index contributed by atoms with van der Waals surface area (Å²) in [5.74, 6) is -0.428. The summed E-state index contributed by atoms with van der Waals surface area (Å²) >= 11 is 0. The smallest absolute Gasteiger partial charge is 0.260 e. The highest BCUT2D eigenvalue weighted by atomic mass is 19.1. The molecule has 0 atom stereocenters. The Hall–Kier alpha value is -3.95. The van der Waals surface area contributed by atoms with Crippen molar-refractivity contribution >= 4 is 17.4 Å². The minimum Gasteiger partial charge on any atom is -0.452 e. The zero-order chi connectivity index (χ0) is 17.9. The predicted molar refractivity (Wildman–Crippen MR) is 87.2 cm³/mol. The van der Waals surface area contributed by atoms with Gasteiger partial charge in [0, 0.05) is 0 Å². The van der Waals surface area contributed by atoms with Gasteiger partial charge in [-0.25, -0.2) is 24.5 Å². The summed E-state index contributed by atoms with van der Waals surface area (Å²) in [5.41, 5.74) is 0.499. The van der Waals surface area contributed by atoms with E-state index in [1.165, 1.54) is 53.8 Å². The van der Waals surface area contributed by atoms with Crippen molar-refractivity contribution in [3.63, 3.8) is 0 Å². The van der Waals surface area contributed by atoms with Gasteiger partial charge in [-0.2, -0.15) is 9.49 Å². The molecule has 4 aromatic rings. The SMILES string of the molecule is O=C(Nc1cccc(F)n1)c1cc(Oc2cncnc2)cn2ncnc12. The third kappa shape index (κ3) is 3.15. The van der Waals surface area contributed by atoms with Crippen LogP contribution in [-0.2, 0) is 0 Å². The first-order chi connectivity index (χ1) is 12.7. The Bertz CT molecular complexity index is 1080. The summed E-state index contributed by atoms with van der Waals surface area (Å²) in [6.45, 7) is 0. The molecule has 0 aliphatic heterocycles. The molecule has 4 rings (SSSR count). The van der Waals surface area contributed by atoms with Crippen molar-refractivity contribution in [1.29, 1.82) is 0 Å². The second kappa shape index (κ2) is 6.51. The Balaban J connectivity index is 1.69. The first-order valence-electron chi connectivity index (χ1n) is 7.39. The maximum absolute atomic E-state index is 13.2. The van der Waals surface area contributed by atoms with E-state index in [1.54, 1.807) is 6.20 Å². The van der Waals surface area contributed by atoms with Gasteiger partial charge in [0.1, 0.15) is 24.2 Å². The molecule has 9 nitrogen and oxygen atoms in total. The molecule has 1 amide bonds. The van der Waals surface area contributed by atoms with Crippen LogP contribution in [0.1, 0.15) is 10.4 Å². The monoisotopic (exact) mass is 351 g/mol. The van der Waals surface area contributed by atoms with Gasteiger partial charge in [0.05, 0.1) is 24.2 Å². The van der Waals surface area contributed by atoms with E-state index < -0.39 is 11.9 Å². The Labute approximate surface area is 145 Å². The van der Waals surface area contributed by atoms with E-state index >= 15 is 0 Å². The van der Waals surface area contributed by atoms with Gasteiger partial charge < -0.3 is 10.1 Å². The molecule has 0 spiro atoms. The minimum atomic E-state index is -0.698. The molecular formula is C16H10FN7O2. The molecule has 4 aromatic heterocycles. The number of nitrogens with one attached hydrogen (secondary N) is 1. The molecule has 0 unspecified atom stereocenters. The van der Waals surface area contributed by atoms with Crippen LogP contribution in [0.5, 0.6) is 11.5 Å². The van der Waals surface area contributed by atoms with Crippen LogP contribution in [0.4, 0.5) is 10.2 Å². The van der Waals surface area contributed by atoms with E-state index in [-0.39, 0.29) is 11.4 Å². The van der Waals surface area contributed by atoms with Crippen LogP contribution >= 0.6 is 0 Å². The summed E-state index contributed by atoms with van der Waals surface area (Å²) in [7, 11) is 0. The largest absolute Gasteiger partial charge is 0.452 e. The van der Waals surface area contributed by atoms with Crippen molar-refractivity contribution < 1.29 is 13.9 Å². The zero-order valence-electron chi connectivity index (χ0n) is 13.1. The molecule has 10 heteroatoms. The molecule has 0 aliphatic rings. The number of ether oxygens (including phenoxy) is 1. The second-order valence-corrected chi connectivity index (χ2v) is 5.09. The lowest BCUT2D eigenvalue weighted by atomic mass is 10.2. The molecule has 0 aromatic carbocycles. The normalized spacial score (nSPS) is 10.7. The van der Waals surface area contributed by atoms with Crippen LogP contribution in [0.3, 0.4) is 0 Å². The lowest BCUT2D eigenvalue weighted by Gasteiger charge is -2.09. The highest BCUT2D eigenvalue weighted by Gasteiger charge is 2.16. The molecular weight excluding hydrogens is 341 g/mol. The summed E-state index contributed by atoms with van der Waals surface area (Å²) in [4.78, 5) is 28.0. The van der Waals surface area contributed by atoms with Crippen LogP contribution in [0.25, 0.3) is 5.65 Å². The lowest BCUT2D eigenvalue weighted by molar-refractivity contribution is 0.102. The first-order valence-corrected chi connectivity index (χ1v) is 7.39. The molecule has 0 saturated heterocycles. The molecule has 4 heterocycles. The van der Waals surface area contributed by atoms with E-state index in [9.17, 15) is 9.18 Å². The van der Waals surface area contributed by atoms with Crippen molar-refractivity contribution in [2.75, 3.05) is 5.32 Å². The van der Waals surface area contributed by atoms with E-state index in [4.69, 9.17) is 4.74 Å². The number of carbonyl (C=O) groups is 1. The molecule has 0 aliphatic carbocycles. The van der Waals surface area contributed by atoms with Gasteiger partial charge in [-0.05, 0) is 18.2 Å². The molecule has 26 heavy (non-hydrogen) atoms. The number of hydrogen-bond acceptors (Lipinski definition) is 7. The Kier molecular flexibility index (Phi) is 3.90. The molecule has 0 saturated carbocycles. The Morgan fingerprint density at radius 3 is 2.81 bits per heavy atom. The lowest BCUT2D eigenvalue weighted by Crippen LogP contribution is -2.15. The topological polar surface area (TPSA) is 107 Å². The van der Waals surface area contributed by atoms with Crippen molar-refractivity contribution in [2.45, 2.75) is 0 Å². The minimum absolute atomic E-state index is 0.0791. The maximum Gasteiger partial charge on any atom is 0.260 e. The third-order valence-corrected chi connectivity index (χ3v) is 3.32. The standard InChI is InChI=1S/C16H10FN7O2/c17-13-2-1-3-14(22-13)23-16(25)12-4-10(7-24-15(12)20-9-21-24)26-11-5-18-8-19-6-11/h1-9H,(H,22,23,25). The quantitative estimate of drug-likeness (QED) is 0.561.